The second-order valence-corrected chi connectivity index (χ2v) is 2.23. The third-order valence-electron chi connectivity index (χ3n) is 1.51. The minimum Gasteiger partial charge on any atom is -0.465 e. The van der Waals surface area contributed by atoms with Gasteiger partial charge in [0.1, 0.15) is 6.04 Å². The molecule has 0 aromatic carbocycles. The van der Waals surface area contributed by atoms with Gasteiger partial charge in [0.2, 0.25) is 5.91 Å². The number of hydrogen-bond acceptors (Lipinski definition) is 2. The fraction of sp³-hybridized carbons (Fsp3) is 0.333. The van der Waals surface area contributed by atoms with Crippen LogP contribution < -0.4 is 5.73 Å². The number of carbonyl (C=O) groups is 2. The van der Waals surface area contributed by atoms with E-state index in [1.54, 1.807) is 6.08 Å². The molecule has 0 saturated heterocycles. The molecule has 2 amide bonds. The zero-order chi connectivity index (χ0) is 8.43. The van der Waals surface area contributed by atoms with E-state index in [0.717, 1.165) is 4.90 Å². The predicted octanol–water partition coefficient (Wildman–Crippen LogP) is -0.262. The maximum Gasteiger partial charge on any atom is 0.412 e. The monoisotopic (exact) mass is 156 g/mol. The van der Waals surface area contributed by atoms with Crippen molar-refractivity contribution in [2.45, 2.75) is 12.5 Å². The summed E-state index contributed by atoms with van der Waals surface area (Å²) in [6, 6.07) is -0.715. The summed E-state index contributed by atoms with van der Waals surface area (Å²) in [5.41, 5.74) is 4.94. The molecule has 0 spiro atoms. The van der Waals surface area contributed by atoms with Crippen LogP contribution in [0.5, 0.6) is 0 Å². The average molecular weight is 156 g/mol. The number of nitrogens with zero attached hydrogens (tertiary/aromatic N) is 1. The van der Waals surface area contributed by atoms with Gasteiger partial charge < -0.3 is 10.8 Å². The summed E-state index contributed by atoms with van der Waals surface area (Å²) < 4.78 is 0. The molecule has 0 fully saturated rings. The fourth-order valence-corrected chi connectivity index (χ4v) is 0.971. The van der Waals surface area contributed by atoms with Crippen molar-refractivity contribution in [3.05, 3.63) is 12.3 Å². The largest absolute Gasteiger partial charge is 0.465 e. The van der Waals surface area contributed by atoms with Crippen LogP contribution in [0.15, 0.2) is 12.3 Å². The van der Waals surface area contributed by atoms with Crippen molar-refractivity contribution in [1.29, 1.82) is 0 Å². The third-order valence-corrected chi connectivity index (χ3v) is 1.51. The molecule has 5 heteroatoms. The van der Waals surface area contributed by atoms with Gasteiger partial charge in [0.25, 0.3) is 0 Å². The van der Waals surface area contributed by atoms with Crippen LogP contribution in [0.25, 0.3) is 0 Å². The first-order chi connectivity index (χ1) is 5.13. The summed E-state index contributed by atoms with van der Waals surface area (Å²) in [5, 5.41) is 8.50. The minimum absolute atomic E-state index is 0.377. The summed E-state index contributed by atoms with van der Waals surface area (Å²) in [6.45, 7) is 0. The van der Waals surface area contributed by atoms with Crippen molar-refractivity contribution in [2.75, 3.05) is 0 Å². The number of primary amides is 1. The lowest BCUT2D eigenvalue weighted by Gasteiger charge is -2.16. The van der Waals surface area contributed by atoms with Gasteiger partial charge in [0.15, 0.2) is 0 Å². The van der Waals surface area contributed by atoms with E-state index in [-0.39, 0.29) is 0 Å². The van der Waals surface area contributed by atoms with E-state index in [1.807, 2.05) is 0 Å². The highest BCUT2D eigenvalue weighted by atomic mass is 16.4. The molecule has 0 aromatic heterocycles. The molecule has 5 nitrogen and oxygen atoms in total. The van der Waals surface area contributed by atoms with Crippen molar-refractivity contribution in [2.24, 2.45) is 5.73 Å². The Morgan fingerprint density at radius 2 is 2.27 bits per heavy atom. The van der Waals surface area contributed by atoms with E-state index in [4.69, 9.17) is 10.8 Å². The number of carbonyl (C=O) groups excluding carboxylic acids is 1. The van der Waals surface area contributed by atoms with Gasteiger partial charge in [-0.05, 0) is 6.42 Å². The molecule has 0 radical (unpaired) electrons. The van der Waals surface area contributed by atoms with Crippen LogP contribution in [0.2, 0.25) is 0 Å². The highest BCUT2D eigenvalue weighted by Gasteiger charge is 2.28. The summed E-state index contributed by atoms with van der Waals surface area (Å²) in [5.74, 6) is -0.614. The highest BCUT2D eigenvalue weighted by molar-refractivity contribution is 5.85. The Kier molecular flexibility index (Phi) is 1.80. The predicted molar refractivity (Wildman–Crippen MR) is 36.6 cm³/mol. The molecule has 0 aromatic rings. The second kappa shape index (κ2) is 2.61. The molecular formula is C6H8N2O3. The van der Waals surface area contributed by atoms with E-state index in [2.05, 4.69) is 0 Å². The number of carboxylic acid groups (broad SMARTS) is 1. The van der Waals surface area contributed by atoms with Crippen molar-refractivity contribution in [3.8, 4) is 0 Å². The Labute approximate surface area is 63.1 Å². The molecule has 1 aliphatic heterocycles. The van der Waals surface area contributed by atoms with Crippen LogP contribution in [-0.4, -0.2) is 28.0 Å². The van der Waals surface area contributed by atoms with Crippen LogP contribution in [0, 0.1) is 0 Å². The summed E-state index contributed by atoms with van der Waals surface area (Å²) in [6.07, 6.45) is 2.17. The molecule has 3 N–H and O–H groups in total. The summed E-state index contributed by atoms with van der Waals surface area (Å²) >= 11 is 0. The van der Waals surface area contributed by atoms with E-state index in [9.17, 15) is 9.59 Å². The number of hydrogen-bond donors (Lipinski definition) is 2. The zero-order valence-corrected chi connectivity index (χ0v) is 5.73. The van der Waals surface area contributed by atoms with Gasteiger partial charge in [-0.25, -0.2) is 4.79 Å². The zero-order valence-electron chi connectivity index (χ0n) is 5.73. The lowest BCUT2D eigenvalue weighted by molar-refractivity contribution is -0.121. The molecule has 1 heterocycles. The van der Waals surface area contributed by atoms with Crippen molar-refractivity contribution in [3.63, 3.8) is 0 Å². The third kappa shape index (κ3) is 1.31. The van der Waals surface area contributed by atoms with Gasteiger partial charge in [0, 0.05) is 6.20 Å². The second-order valence-electron chi connectivity index (χ2n) is 2.23. The lowest BCUT2D eigenvalue weighted by atomic mass is 10.2. The number of rotatable bonds is 1. The standard InChI is InChI=1S/C6H8N2O3/c7-5(9)4-2-1-3-8(4)6(10)11/h1,3-4H,2H2,(H2,7,9)(H,10,11)/t4-/m0/s1. The normalized spacial score (nSPS) is 22.2. The average Bonchev–Trinajstić information content (AvgIpc) is 2.32. The van der Waals surface area contributed by atoms with E-state index >= 15 is 0 Å². The molecule has 0 unspecified atom stereocenters. The van der Waals surface area contributed by atoms with Crippen LogP contribution in [-0.2, 0) is 4.79 Å². The SMILES string of the molecule is NC(=O)[C@@H]1CC=CN1C(=O)O. The minimum atomic E-state index is -1.15. The Balaban J connectivity index is 2.71. The van der Waals surface area contributed by atoms with Gasteiger partial charge in [-0.2, -0.15) is 0 Å². The number of amides is 2. The number of nitrogens with two attached hydrogens (primary N) is 1. The van der Waals surface area contributed by atoms with Gasteiger partial charge in [-0.1, -0.05) is 6.08 Å². The molecule has 11 heavy (non-hydrogen) atoms. The van der Waals surface area contributed by atoms with E-state index in [0.29, 0.717) is 6.42 Å². The van der Waals surface area contributed by atoms with Gasteiger partial charge in [-0.3, -0.25) is 9.69 Å². The highest BCUT2D eigenvalue weighted by Crippen LogP contribution is 2.13. The van der Waals surface area contributed by atoms with Crippen molar-refractivity contribution in [1.82, 2.24) is 4.90 Å². The van der Waals surface area contributed by atoms with Crippen LogP contribution >= 0.6 is 0 Å². The molecule has 1 aliphatic rings. The van der Waals surface area contributed by atoms with Crippen molar-refractivity contribution >= 4 is 12.0 Å². The van der Waals surface area contributed by atoms with Gasteiger partial charge in [-0.15, -0.1) is 0 Å². The Bertz CT molecular complexity index is 224. The maximum absolute atomic E-state index is 10.6. The first-order valence-corrected chi connectivity index (χ1v) is 3.10. The molecule has 1 atom stereocenters. The molecular weight excluding hydrogens is 148 g/mol. The van der Waals surface area contributed by atoms with Crippen LogP contribution in [0.4, 0.5) is 4.79 Å². The first kappa shape index (κ1) is 7.59. The molecule has 0 saturated carbocycles. The Hall–Kier alpha value is -1.52. The Morgan fingerprint density at radius 3 is 2.64 bits per heavy atom. The van der Waals surface area contributed by atoms with E-state index < -0.39 is 18.0 Å². The molecule has 0 aliphatic carbocycles. The smallest absolute Gasteiger partial charge is 0.412 e. The summed E-state index contributed by atoms with van der Waals surface area (Å²) in [7, 11) is 0. The first-order valence-electron chi connectivity index (χ1n) is 3.10. The summed E-state index contributed by atoms with van der Waals surface area (Å²) in [4.78, 5) is 21.9. The van der Waals surface area contributed by atoms with Crippen molar-refractivity contribution < 1.29 is 14.7 Å². The molecule has 0 bridgehead atoms. The van der Waals surface area contributed by atoms with Crippen LogP contribution in [0.3, 0.4) is 0 Å². The fourth-order valence-electron chi connectivity index (χ4n) is 0.971. The topological polar surface area (TPSA) is 83.6 Å². The van der Waals surface area contributed by atoms with Gasteiger partial charge >= 0.3 is 6.09 Å². The van der Waals surface area contributed by atoms with Gasteiger partial charge in [0.05, 0.1) is 0 Å². The van der Waals surface area contributed by atoms with Crippen LogP contribution in [0.1, 0.15) is 6.42 Å². The lowest BCUT2D eigenvalue weighted by Crippen LogP contribution is -2.41. The Morgan fingerprint density at radius 1 is 1.64 bits per heavy atom. The van der Waals surface area contributed by atoms with E-state index in [1.165, 1.54) is 6.20 Å². The molecule has 60 valence electrons. The quantitative estimate of drug-likeness (QED) is 0.548. The maximum atomic E-state index is 10.6. The molecule has 1 rings (SSSR count).